The number of primary amides is 1. The first-order valence-corrected chi connectivity index (χ1v) is 5.93. The minimum atomic E-state index is -0.537. The summed E-state index contributed by atoms with van der Waals surface area (Å²) < 4.78 is 5.65. The van der Waals surface area contributed by atoms with Crippen molar-refractivity contribution in [3.05, 3.63) is 17.8 Å². The fraction of sp³-hybridized carbons (Fsp3) is 0.500. The van der Waals surface area contributed by atoms with Gasteiger partial charge in [-0.15, -0.1) is 0 Å². The number of hydrogen-bond donors (Lipinski definition) is 2. The van der Waals surface area contributed by atoms with Gasteiger partial charge in [-0.05, 0) is 19.9 Å². The first kappa shape index (κ1) is 12.6. The van der Waals surface area contributed by atoms with Crippen LogP contribution in [0.15, 0.2) is 12.3 Å². The lowest BCUT2D eigenvalue weighted by Crippen LogP contribution is -2.45. The molecule has 98 valence electrons. The fourth-order valence-electron chi connectivity index (χ4n) is 2.21. The van der Waals surface area contributed by atoms with E-state index >= 15 is 0 Å². The Morgan fingerprint density at radius 3 is 2.61 bits per heavy atom. The monoisotopic (exact) mass is 250 g/mol. The normalized spacial score (nSPS) is 24.0. The number of hydrogen-bond acceptors (Lipinski definition) is 5. The predicted molar refractivity (Wildman–Crippen MR) is 69.4 cm³/mol. The maximum absolute atomic E-state index is 11.3. The summed E-state index contributed by atoms with van der Waals surface area (Å²) in [5.41, 5.74) is 11.6. The highest BCUT2D eigenvalue weighted by Crippen LogP contribution is 2.21. The predicted octanol–water partition coefficient (Wildman–Crippen LogP) is 0.376. The third kappa shape index (κ3) is 2.53. The van der Waals surface area contributed by atoms with Crippen LogP contribution in [0.5, 0.6) is 0 Å². The van der Waals surface area contributed by atoms with Crippen molar-refractivity contribution in [1.82, 2.24) is 4.98 Å². The number of aromatic nitrogens is 1. The van der Waals surface area contributed by atoms with E-state index in [4.69, 9.17) is 16.2 Å². The van der Waals surface area contributed by atoms with Crippen molar-refractivity contribution in [1.29, 1.82) is 0 Å². The van der Waals surface area contributed by atoms with E-state index in [1.807, 2.05) is 13.8 Å². The molecule has 0 saturated carbocycles. The number of morpholine rings is 1. The highest BCUT2D eigenvalue weighted by Gasteiger charge is 2.23. The van der Waals surface area contributed by atoms with Crippen molar-refractivity contribution in [2.75, 3.05) is 23.7 Å². The van der Waals surface area contributed by atoms with Crippen LogP contribution in [0.1, 0.15) is 24.2 Å². The van der Waals surface area contributed by atoms with Crippen molar-refractivity contribution in [3.63, 3.8) is 0 Å². The average Bonchev–Trinajstić information content (AvgIpc) is 2.27. The van der Waals surface area contributed by atoms with E-state index in [0.717, 1.165) is 13.1 Å². The number of ether oxygens (including phenoxy) is 1. The molecule has 2 atom stereocenters. The minimum absolute atomic E-state index is 0.130. The molecular formula is C12H18N4O2. The molecule has 1 saturated heterocycles. The van der Waals surface area contributed by atoms with Gasteiger partial charge in [0, 0.05) is 13.1 Å². The quantitative estimate of drug-likeness (QED) is 0.791. The molecule has 1 aliphatic heterocycles. The zero-order valence-corrected chi connectivity index (χ0v) is 10.6. The molecule has 18 heavy (non-hydrogen) atoms. The molecule has 4 N–H and O–H groups in total. The highest BCUT2D eigenvalue weighted by atomic mass is 16.5. The van der Waals surface area contributed by atoms with Crippen LogP contribution in [-0.4, -0.2) is 36.2 Å². The largest absolute Gasteiger partial charge is 0.397 e. The Labute approximate surface area is 106 Å². The van der Waals surface area contributed by atoms with Gasteiger partial charge < -0.3 is 21.1 Å². The first-order valence-electron chi connectivity index (χ1n) is 5.93. The van der Waals surface area contributed by atoms with E-state index in [0.29, 0.717) is 17.1 Å². The van der Waals surface area contributed by atoms with Gasteiger partial charge in [-0.1, -0.05) is 0 Å². The number of nitrogens with zero attached hydrogens (tertiary/aromatic N) is 2. The molecule has 1 aliphatic rings. The van der Waals surface area contributed by atoms with Gasteiger partial charge in [0.15, 0.2) is 0 Å². The van der Waals surface area contributed by atoms with Crippen molar-refractivity contribution in [2.24, 2.45) is 5.73 Å². The van der Waals surface area contributed by atoms with E-state index in [1.165, 1.54) is 6.20 Å². The lowest BCUT2D eigenvalue weighted by Gasteiger charge is -2.36. The molecule has 6 heteroatoms. The number of rotatable bonds is 2. The van der Waals surface area contributed by atoms with Gasteiger partial charge in [0.2, 0.25) is 0 Å². The number of carbonyl (C=O) groups is 1. The lowest BCUT2D eigenvalue weighted by atomic mass is 10.2. The molecule has 6 nitrogen and oxygen atoms in total. The number of pyridine rings is 1. The van der Waals surface area contributed by atoms with Crippen molar-refractivity contribution < 1.29 is 9.53 Å². The van der Waals surface area contributed by atoms with Crippen molar-refractivity contribution in [3.8, 4) is 0 Å². The molecule has 0 radical (unpaired) electrons. The fourth-order valence-corrected chi connectivity index (χ4v) is 2.21. The van der Waals surface area contributed by atoms with E-state index in [2.05, 4.69) is 9.88 Å². The molecule has 0 bridgehead atoms. The van der Waals surface area contributed by atoms with Crippen molar-refractivity contribution in [2.45, 2.75) is 26.1 Å². The summed E-state index contributed by atoms with van der Waals surface area (Å²) in [4.78, 5) is 17.6. The van der Waals surface area contributed by atoms with Crippen LogP contribution in [0.4, 0.5) is 11.5 Å². The molecule has 0 aromatic carbocycles. The van der Waals surface area contributed by atoms with E-state index in [-0.39, 0.29) is 12.2 Å². The van der Waals surface area contributed by atoms with Crippen LogP contribution in [0.3, 0.4) is 0 Å². The number of anilines is 2. The molecule has 2 rings (SSSR count). The molecule has 2 heterocycles. The minimum Gasteiger partial charge on any atom is -0.397 e. The second kappa shape index (κ2) is 4.81. The summed E-state index contributed by atoms with van der Waals surface area (Å²) in [6, 6.07) is 1.64. The third-order valence-electron chi connectivity index (χ3n) is 2.93. The molecule has 0 spiro atoms. The summed E-state index contributed by atoms with van der Waals surface area (Å²) in [5.74, 6) is 0.172. The number of nitrogens with two attached hydrogens (primary N) is 2. The number of nitrogen functional groups attached to an aromatic ring is 1. The SMILES string of the molecule is C[C@@H]1CN(c2cc(C(N)=O)c(N)cn2)C[C@H](C)O1. The second-order valence-electron chi connectivity index (χ2n) is 4.66. The summed E-state index contributed by atoms with van der Waals surface area (Å²) in [6.45, 7) is 5.49. The summed E-state index contributed by atoms with van der Waals surface area (Å²) in [6.07, 6.45) is 1.73. The van der Waals surface area contributed by atoms with Crippen LogP contribution in [0.2, 0.25) is 0 Å². The molecule has 0 aliphatic carbocycles. The van der Waals surface area contributed by atoms with Gasteiger partial charge in [-0.25, -0.2) is 4.98 Å². The van der Waals surface area contributed by atoms with Crippen LogP contribution < -0.4 is 16.4 Å². The Morgan fingerprint density at radius 2 is 2.06 bits per heavy atom. The Bertz CT molecular complexity index is 453. The third-order valence-corrected chi connectivity index (χ3v) is 2.93. The van der Waals surface area contributed by atoms with Gasteiger partial charge in [-0.3, -0.25) is 4.79 Å². The average molecular weight is 250 g/mol. The van der Waals surface area contributed by atoms with Crippen LogP contribution >= 0.6 is 0 Å². The van der Waals surface area contributed by atoms with Gasteiger partial charge in [0.05, 0.1) is 29.7 Å². The molecule has 1 aromatic heterocycles. The zero-order valence-electron chi connectivity index (χ0n) is 10.6. The first-order chi connectivity index (χ1) is 8.47. The van der Waals surface area contributed by atoms with E-state index < -0.39 is 5.91 Å². The maximum atomic E-state index is 11.3. The molecule has 1 amide bonds. The summed E-state index contributed by atoms with van der Waals surface area (Å²) >= 11 is 0. The Balaban J connectivity index is 2.28. The van der Waals surface area contributed by atoms with Gasteiger partial charge in [0.1, 0.15) is 5.82 Å². The van der Waals surface area contributed by atoms with Gasteiger partial charge in [0.25, 0.3) is 5.91 Å². The van der Waals surface area contributed by atoms with Crippen molar-refractivity contribution >= 4 is 17.4 Å². The zero-order chi connectivity index (χ0) is 13.3. The van der Waals surface area contributed by atoms with Crippen LogP contribution in [-0.2, 0) is 4.74 Å². The summed E-state index contributed by atoms with van der Waals surface area (Å²) in [5, 5.41) is 0. The van der Waals surface area contributed by atoms with E-state index in [9.17, 15) is 4.79 Å². The molecule has 1 fully saturated rings. The Hall–Kier alpha value is -1.82. The number of amides is 1. The molecule has 1 aromatic rings. The van der Waals surface area contributed by atoms with E-state index in [1.54, 1.807) is 6.07 Å². The van der Waals surface area contributed by atoms with Gasteiger partial charge >= 0.3 is 0 Å². The van der Waals surface area contributed by atoms with Crippen LogP contribution in [0, 0.1) is 0 Å². The molecular weight excluding hydrogens is 232 g/mol. The Kier molecular flexibility index (Phi) is 3.38. The highest BCUT2D eigenvalue weighted by molar-refractivity contribution is 5.98. The number of carbonyl (C=O) groups excluding carboxylic acids is 1. The maximum Gasteiger partial charge on any atom is 0.250 e. The smallest absolute Gasteiger partial charge is 0.250 e. The second-order valence-corrected chi connectivity index (χ2v) is 4.66. The van der Waals surface area contributed by atoms with Gasteiger partial charge in [-0.2, -0.15) is 0 Å². The Morgan fingerprint density at radius 1 is 1.44 bits per heavy atom. The lowest BCUT2D eigenvalue weighted by molar-refractivity contribution is -0.00545. The topological polar surface area (TPSA) is 94.5 Å². The molecule has 0 unspecified atom stereocenters. The van der Waals surface area contributed by atoms with Crippen LogP contribution in [0.25, 0.3) is 0 Å². The standard InChI is InChI=1S/C12H18N4O2/c1-7-5-16(6-8(2)18-7)11-3-9(12(14)17)10(13)4-15-11/h3-4,7-8H,5-6,13H2,1-2H3,(H2,14,17)/t7-,8+. The summed E-state index contributed by atoms with van der Waals surface area (Å²) in [7, 11) is 0.